The maximum Gasteiger partial charge on any atom is 0.312 e. The van der Waals surface area contributed by atoms with E-state index in [1.165, 1.54) is 0 Å². The van der Waals surface area contributed by atoms with Crippen molar-refractivity contribution in [2.45, 2.75) is 99.9 Å². The third-order valence-corrected chi connectivity index (χ3v) is 9.62. The standard InChI is InChI=1S/C29H43BrN2O6/c1-5-7-14-37-28(36)22-23-26(34)32(20(17-33)15-18(3)4)25(29(23)16-21(30)24(22)38-29)27(35)31(13-6-2)19-11-9-8-10-12-19/h5-6,18-25,33H,1-2,7-17H2,3-4H3/t20-,21?,22-,23+,24-,25?,29?/m1/s1. The number of fused-ring (bicyclic) bond motifs is 1. The van der Waals surface area contributed by atoms with Crippen LogP contribution in [0.5, 0.6) is 0 Å². The van der Waals surface area contributed by atoms with Crippen LogP contribution in [0.25, 0.3) is 0 Å². The van der Waals surface area contributed by atoms with E-state index < -0.39 is 41.6 Å². The number of amides is 2. The van der Waals surface area contributed by atoms with Crippen molar-refractivity contribution in [2.24, 2.45) is 17.8 Å². The number of aliphatic hydroxyl groups excluding tert-OH is 1. The second-order valence-corrected chi connectivity index (χ2v) is 12.9. The van der Waals surface area contributed by atoms with Gasteiger partial charge in [0.15, 0.2) is 0 Å². The Hall–Kier alpha value is -1.71. The van der Waals surface area contributed by atoms with Crippen LogP contribution in [0.1, 0.15) is 65.2 Å². The number of carbonyl (C=O) groups excluding carboxylic acids is 3. The van der Waals surface area contributed by atoms with Crippen molar-refractivity contribution >= 4 is 33.7 Å². The molecule has 9 heteroatoms. The average molecular weight is 596 g/mol. The van der Waals surface area contributed by atoms with Gasteiger partial charge in [-0.05, 0) is 38.0 Å². The third-order valence-electron chi connectivity index (χ3n) is 8.77. The number of alkyl halides is 1. The molecule has 0 aromatic carbocycles. The Bertz CT molecular complexity index is 921. The summed E-state index contributed by atoms with van der Waals surface area (Å²) in [4.78, 5) is 45.5. The van der Waals surface area contributed by atoms with Gasteiger partial charge in [-0.3, -0.25) is 14.4 Å². The molecule has 2 bridgehead atoms. The minimum atomic E-state index is -1.16. The summed E-state index contributed by atoms with van der Waals surface area (Å²) < 4.78 is 12.1. The Morgan fingerprint density at radius 2 is 1.97 bits per heavy atom. The molecule has 2 amide bonds. The van der Waals surface area contributed by atoms with E-state index in [2.05, 4.69) is 29.1 Å². The molecule has 1 saturated carbocycles. The molecular weight excluding hydrogens is 552 g/mol. The number of hydrogen-bond acceptors (Lipinski definition) is 6. The van der Waals surface area contributed by atoms with Gasteiger partial charge < -0.3 is 24.4 Å². The Morgan fingerprint density at radius 3 is 2.58 bits per heavy atom. The lowest BCUT2D eigenvalue weighted by Crippen LogP contribution is -2.60. The van der Waals surface area contributed by atoms with Gasteiger partial charge in [0.1, 0.15) is 11.6 Å². The summed E-state index contributed by atoms with van der Waals surface area (Å²) in [5.74, 6) is -2.39. The van der Waals surface area contributed by atoms with Crippen LogP contribution < -0.4 is 0 Å². The monoisotopic (exact) mass is 594 g/mol. The van der Waals surface area contributed by atoms with Crippen LogP contribution in [-0.2, 0) is 23.9 Å². The van der Waals surface area contributed by atoms with Crippen molar-refractivity contribution in [3.63, 3.8) is 0 Å². The normalized spacial score (nSPS) is 33.3. The van der Waals surface area contributed by atoms with Crippen LogP contribution in [0.2, 0.25) is 0 Å². The second-order valence-electron chi connectivity index (χ2n) is 11.7. The van der Waals surface area contributed by atoms with Gasteiger partial charge in [0.05, 0.1) is 37.2 Å². The number of hydrogen-bond donors (Lipinski definition) is 1. The van der Waals surface area contributed by atoms with Gasteiger partial charge >= 0.3 is 5.97 Å². The van der Waals surface area contributed by atoms with Crippen molar-refractivity contribution in [1.29, 1.82) is 0 Å². The molecule has 3 unspecified atom stereocenters. The number of esters is 1. The molecule has 4 aliphatic rings. The van der Waals surface area contributed by atoms with Gasteiger partial charge in [-0.2, -0.15) is 0 Å². The molecule has 1 N–H and O–H groups in total. The van der Waals surface area contributed by atoms with Crippen molar-refractivity contribution in [3.8, 4) is 0 Å². The van der Waals surface area contributed by atoms with Crippen LogP contribution in [0.15, 0.2) is 25.3 Å². The summed E-state index contributed by atoms with van der Waals surface area (Å²) in [7, 11) is 0. The fourth-order valence-electron chi connectivity index (χ4n) is 7.28. The number of carbonyl (C=O) groups is 3. The quantitative estimate of drug-likeness (QED) is 0.160. The first-order valence-electron chi connectivity index (χ1n) is 14.2. The number of ether oxygens (including phenoxy) is 2. The van der Waals surface area contributed by atoms with Crippen molar-refractivity contribution < 1.29 is 29.0 Å². The zero-order valence-electron chi connectivity index (χ0n) is 22.7. The highest BCUT2D eigenvalue weighted by molar-refractivity contribution is 9.09. The number of rotatable bonds is 12. The van der Waals surface area contributed by atoms with E-state index in [9.17, 15) is 19.5 Å². The predicted octanol–water partition coefficient (Wildman–Crippen LogP) is 3.61. The molecule has 4 rings (SSSR count). The minimum absolute atomic E-state index is 0.0670. The molecule has 4 fully saturated rings. The zero-order chi connectivity index (χ0) is 27.6. The molecule has 1 spiro atoms. The van der Waals surface area contributed by atoms with E-state index in [4.69, 9.17) is 9.47 Å². The van der Waals surface area contributed by atoms with Crippen LogP contribution in [0.3, 0.4) is 0 Å². The maximum atomic E-state index is 14.6. The lowest BCUT2D eigenvalue weighted by Gasteiger charge is -2.42. The fourth-order valence-corrected chi connectivity index (χ4v) is 8.22. The Balaban J connectivity index is 1.76. The van der Waals surface area contributed by atoms with E-state index in [1.807, 2.05) is 18.7 Å². The minimum Gasteiger partial charge on any atom is -0.465 e. The highest BCUT2D eigenvalue weighted by Gasteiger charge is 2.77. The van der Waals surface area contributed by atoms with Crippen molar-refractivity contribution in [3.05, 3.63) is 25.3 Å². The first-order chi connectivity index (χ1) is 18.2. The molecule has 3 aliphatic heterocycles. The third kappa shape index (κ3) is 5.10. The Kier molecular flexibility index (Phi) is 9.41. The van der Waals surface area contributed by atoms with E-state index in [0.717, 1.165) is 32.1 Å². The van der Waals surface area contributed by atoms with Crippen LogP contribution in [0.4, 0.5) is 0 Å². The molecular formula is C29H43BrN2O6. The first-order valence-corrected chi connectivity index (χ1v) is 15.1. The predicted molar refractivity (Wildman–Crippen MR) is 147 cm³/mol. The summed E-state index contributed by atoms with van der Waals surface area (Å²) >= 11 is 3.70. The van der Waals surface area contributed by atoms with Gasteiger partial charge in [0.25, 0.3) is 0 Å². The largest absolute Gasteiger partial charge is 0.465 e. The smallest absolute Gasteiger partial charge is 0.312 e. The molecule has 0 aromatic heterocycles. The number of nitrogens with zero attached hydrogens (tertiary/aromatic N) is 2. The molecule has 3 saturated heterocycles. The summed E-state index contributed by atoms with van der Waals surface area (Å²) in [6.45, 7) is 11.9. The van der Waals surface area contributed by atoms with Gasteiger partial charge in [-0.25, -0.2) is 0 Å². The summed E-state index contributed by atoms with van der Waals surface area (Å²) in [6.07, 6.45) is 9.42. The Morgan fingerprint density at radius 1 is 1.26 bits per heavy atom. The molecule has 0 aromatic rings. The van der Waals surface area contributed by atoms with Gasteiger partial charge in [0.2, 0.25) is 11.8 Å². The van der Waals surface area contributed by atoms with E-state index in [-0.39, 0.29) is 41.8 Å². The maximum absolute atomic E-state index is 14.6. The number of halogens is 1. The SMILES string of the molecule is C=CCCOC(=O)[C@H]1[C@@H]2OC3(CC2Br)C(C(=O)N(CC=C)C2CCCCC2)N([C@@H](CO)CC(C)C)C(=O)[C@H]13. The summed E-state index contributed by atoms with van der Waals surface area (Å²) in [6, 6.07) is -1.41. The molecule has 212 valence electrons. The van der Waals surface area contributed by atoms with Crippen molar-refractivity contribution in [2.75, 3.05) is 19.8 Å². The molecule has 3 heterocycles. The van der Waals surface area contributed by atoms with Gasteiger partial charge in [-0.1, -0.05) is 61.2 Å². The molecule has 8 nitrogen and oxygen atoms in total. The summed E-state index contributed by atoms with van der Waals surface area (Å²) in [5.41, 5.74) is -1.16. The lowest BCUT2D eigenvalue weighted by atomic mass is 9.70. The average Bonchev–Trinajstić information content (AvgIpc) is 3.49. The zero-order valence-corrected chi connectivity index (χ0v) is 24.3. The number of aliphatic hydroxyl groups is 1. The summed E-state index contributed by atoms with van der Waals surface area (Å²) in [5, 5.41) is 10.5. The molecule has 0 radical (unpaired) electrons. The lowest BCUT2D eigenvalue weighted by molar-refractivity contribution is -0.157. The topological polar surface area (TPSA) is 96.4 Å². The molecule has 1 aliphatic carbocycles. The van der Waals surface area contributed by atoms with E-state index in [0.29, 0.717) is 25.8 Å². The second kappa shape index (κ2) is 12.2. The first kappa shape index (κ1) is 29.3. The van der Waals surface area contributed by atoms with Crippen LogP contribution >= 0.6 is 15.9 Å². The van der Waals surface area contributed by atoms with Gasteiger partial charge in [0, 0.05) is 17.4 Å². The highest BCUT2D eigenvalue weighted by Crippen LogP contribution is 2.61. The van der Waals surface area contributed by atoms with Crippen molar-refractivity contribution in [1.82, 2.24) is 9.80 Å². The molecule has 38 heavy (non-hydrogen) atoms. The van der Waals surface area contributed by atoms with Crippen LogP contribution in [0, 0.1) is 17.8 Å². The van der Waals surface area contributed by atoms with E-state index >= 15 is 0 Å². The number of likely N-dealkylation sites (tertiary alicyclic amines) is 1. The fraction of sp³-hybridized carbons (Fsp3) is 0.759. The van der Waals surface area contributed by atoms with Crippen LogP contribution in [-0.4, -0.2) is 87.1 Å². The molecule has 7 atom stereocenters. The van der Waals surface area contributed by atoms with E-state index in [1.54, 1.807) is 17.1 Å². The highest BCUT2D eigenvalue weighted by atomic mass is 79.9. The van der Waals surface area contributed by atoms with Gasteiger partial charge in [-0.15, -0.1) is 13.2 Å². The Labute approximate surface area is 234 Å².